The molecule has 0 aliphatic rings. The van der Waals surface area contributed by atoms with Crippen molar-refractivity contribution in [3.05, 3.63) is 0 Å². The minimum Gasteiger partial charge on any atom is -1.00 e. The highest BCUT2D eigenvalue weighted by Crippen LogP contribution is 2.14. The molecule has 0 aromatic carbocycles. The largest absolute Gasteiger partial charge is 1.00 e. The summed E-state index contributed by atoms with van der Waals surface area (Å²) >= 11 is 0. The second-order valence-electron chi connectivity index (χ2n) is 8.57. The zero-order valence-electron chi connectivity index (χ0n) is 21.9. The van der Waals surface area contributed by atoms with Crippen LogP contribution in [0.1, 0.15) is 107 Å². The van der Waals surface area contributed by atoms with Gasteiger partial charge in [-0.05, 0) is 6.42 Å². The Morgan fingerprint density at radius 2 is 1.34 bits per heavy atom. The third-order valence-corrected chi connectivity index (χ3v) is 4.84. The predicted octanol–water partition coefficient (Wildman–Crippen LogP) is 2.56. The van der Waals surface area contributed by atoms with E-state index in [1.807, 2.05) is 0 Å². The van der Waals surface area contributed by atoms with Crippen molar-refractivity contribution >= 4 is 11.9 Å². The first-order valence-corrected chi connectivity index (χ1v) is 11.2. The minimum absolute atomic E-state index is 0. The summed E-state index contributed by atoms with van der Waals surface area (Å²) in [6.07, 6.45) is 14.8. The first-order valence-electron chi connectivity index (χ1n) is 12.7. The van der Waals surface area contributed by atoms with Crippen molar-refractivity contribution in [3.63, 3.8) is 0 Å². The molecule has 0 bridgehead atoms. The number of carboxylic acids is 1. The zero-order valence-corrected chi connectivity index (χ0v) is 19.6. The number of quaternary nitrogens is 1. The average molecular weight is 439 g/mol. The standard InChI is InChI=1S/C23H45NO4.ClH/c1-5-6-7-8-9-10-11-12-13-14-15-16-17-18-23(27)28-21(19-22(25)26)20-24(2,3)4;/h21H,5-20H2,1-4H3;1H/t21-;/m0./s1/i2D3;. The van der Waals surface area contributed by atoms with E-state index in [0.717, 1.165) is 12.8 Å². The maximum Gasteiger partial charge on any atom is 0.307 e. The zero-order chi connectivity index (χ0) is 23.8. The van der Waals surface area contributed by atoms with E-state index in [4.69, 9.17) is 14.0 Å². The van der Waals surface area contributed by atoms with E-state index in [-0.39, 0.29) is 31.8 Å². The molecular weight excluding hydrogens is 390 g/mol. The van der Waals surface area contributed by atoms with Crippen molar-refractivity contribution in [3.8, 4) is 0 Å². The van der Waals surface area contributed by atoms with Gasteiger partial charge in [0.05, 0.1) is 31.6 Å². The lowest BCUT2D eigenvalue weighted by Crippen LogP contribution is -3.00. The summed E-state index contributed by atoms with van der Waals surface area (Å²) in [5, 5.41) is 9.06. The molecule has 1 N–H and O–H groups in total. The summed E-state index contributed by atoms with van der Waals surface area (Å²) in [5.41, 5.74) is 0. The summed E-state index contributed by atoms with van der Waals surface area (Å²) in [4.78, 5) is 23.2. The van der Waals surface area contributed by atoms with Crippen LogP contribution in [0.5, 0.6) is 0 Å². The first kappa shape index (κ1) is 24.5. The number of rotatable bonds is 19. The van der Waals surface area contributed by atoms with Gasteiger partial charge in [0, 0.05) is 6.42 Å². The van der Waals surface area contributed by atoms with Gasteiger partial charge in [0.25, 0.3) is 0 Å². The molecule has 0 aromatic heterocycles. The molecular formula is C23H46ClNO4. The van der Waals surface area contributed by atoms with Crippen molar-refractivity contribution in [1.82, 2.24) is 0 Å². The highest BCUT2D eigenvalue weighted by Gasteiger charge is 2.24. The molecule has 0 radical (unpaired) electrons. The molecule has 0 unspecified atom stereocenters. The number of halogens is 1. The number of nitrogens with zero attached hydrogens (tertiary/aromatic N) is 1. The Bertz CT molecular complexity index is 502. The van der Waals surface area contributed by atoms with Gasteiger partial charge < -0.3 is 26.7 Å². The molecule has 0 aromatic rings. The maximum atomic E-state index is 12.1. The molecule has 29 heavy (non-hydrogen) atoms. The monoisotopic (exact) mass is 438 g/mol. The molecule has 174 valence electrons. The Balaban J connectivity index is 0. The number of carboxylic acid groups (broad SMARTS) is 1. The number of ether oxygens (including phenoxy) is 1. The van der Waals surface area contributed by atoms with Gasteiger partial charge in [-0.1, -0.05) is 84.0 Å². The fourth-order valence-corrected chi connectivity index (χ4v) is 3.38. The molecule has 0 amide bonds. The highest BCUT2D eigenvalue weighted by atomic mass is 35.5. The highest BCUT2D eigenvalue weighted by molar-refractivity contribution is 5.71. The van der Waals surface area contributed by atoms with Gasteiger partial charge in [0.1, 0.15) is 6.54 Å². The minimum atomic E-state index is -2.31. The Morgan fingerprint density at radius 3 is 1.76 bits per heavy atom. The Labute approximate surface area is 189 Å². The maximum absolute atomic E-state index is 12.1. The molecule has 5 nitrogen and oxygen atoms in total. The molecule has 0 fully saturated rings. The van der Waals surface area contributed by atoms with Crippen LogP contribution in [-0.2, 0) is 14.3 Å². The molecule has 0 spiro atoms. The van der Waals surface area contributed by atoms with Gasteiger partial charge in [-0.3, -0.25) is 9.59 Å². The van der Waals surface area contributed by atoms with Crippen molar-refractivity contribution < 1.29 is 40.4 Å². The number of carbonyl (C=O) groups excluding carboxylic acids is 1. The van der Waals surface area contributed by atoms with Crippen LogP contribution in [-0.4, -0.2) is 55.2 Å². The second kappa shape index (κ2) is 19.2. The number of likely N-dealkylation sites (N-methyl/N-ethyl adjacent to an activating group) is 1. The number of esters is 1. The van der Waals surface area contributed by atoms with Gasteiger partial charge in [-0.2, -0.15) is 0 Å². The summed E-state index contributed by atoms with van der Waals surface area (Å²) in [6.45, 7) is -0.131. The van der Waals surface area contributed by atoms with Crippen molar-refractivity contribution in [1.29, 1.82) is 0 Å². The summed E-state index contributed by atoms with van der Waals surface area (Å²) in [7, 11) is 2.98. The summed E-state index contributed by atoms with van der Waals surface area (Å²) < 4.78 is 27.6. The molecule has 6 heteroatoms. The number of hydrogen-bond donors (Lipinski definition) is 1. The molecule has 0 saturated carbocycles. The molecule has 1 atom stereocenters. The number of hydrogen-bond acceptors (Lipinski definition) is 3. The molecule has 0 aliphatic heterocycles. The molecule has 0 aliphatic carbocycles. The quantitative estimate of drug-likeness (QED) is 0.191. The summed E-state index contributed by atoms with van der Waals surface area (Å²) in [5.74, 6) is -1.55. The number of aliphatic carboxylic acids is 1. The van der Waals surface area contributed by atoms with Crippen molar-refractivity contribution in [2.24, 2.45) is 0 Å². The van der Waals surface area contributed by atoms with Gasteiger partial charge >= 0.3 is 11.9 Å². The Kier molecular flexibility index (Phi) is 16.2. The fraction of sp³-hybridized carbons (Fsp3) is 0.913. The van der Waals surface area contributed by atoms with E-state index in [1.165, 1.54) is 78.3 Å². The van der Waals surface area contributed by atoms with Crippen LogP contribution in [0.3, 0.4) is 0 Å². The van der Waals surface area contributed by atoms with Crippen LogP contribution in [0.25, 0.3) is 0 Å². The normalized spacial score (nSPS) is 14.2. The van der Waals surface area contributed by atoms with Gasteiger partial charge in [0.2, 0.25) is 0 Å². The lowest BCUT2D eigenvalue weighted by atomic mass is 10.0. The van der Waals surface area contributed by atoms with Crippen LogP contribution in [0.4, 0.5) is 0 Å². The fourth-order valence-electron chi connectivity index (χ4n) is 3.38. The smallest absolute Gasteiger partial charge is 0.307 e. The third-order valence-electron chi connectivity index (χ3n) is 4.84. The second-order valence-corrected chi connectivity index (χ2v) is 8.57. The Hall–Kier alpha value is -0.810. The van der Waals surface area contributed by atoms with Gasteiger partial charge in [-0.25, -0.2) is 0 Å². The van der Waals surface area contributed by atoms with Crippen LogP contribution in [0.15, 0.2) is 0 Å². The van der Waals surface area contributed by atoms with E-state index in [9.17, 15) is 9.59 Å². The summed E-state index contributed by atoms with van der Waals surface area (Å²) in [6, 6.07) is 0. The van der Waals surface area contributed by atoms with E-state index >= 15 is 0 Å². The molecule has 0 rings (SSSR count). The van der Waals surface area contributed by atoms with E-state index < -0.39 is 29.5 Å². The van der Waals surface area contributed by atoms with Crippen LogP contribution in [0, 0.1) is 0 Å². The van der Waals surface area contributed by atoms with Gasteiger partial charge in [0.15, 0.2) is 6.10 Å². The molecule has 0 heterocycles. The van der Waals surface area contributed by atoms with Crippen molar-refractivity contribution in [2.45, 2.75) is 109 Å². The van der Waals surface area contributed by atoms with E-state index in [2.05, 4.69) is 6.92 Å². The van der Waals surface area contributed by atoms with Crippen LogP contribution in [0.2, 0.25) is 0 Å². The number of carbonyl (C=O) groups is 2. The third kappa shape index (κ3) is 23.3. The lowest BCUT2D eigenvalue weighted by Gasteiger charge is -2.28. The van der Waals surface area contributed by atoms with E-state index in [0.29, 0.717) is 6.42 Å². The van der Waals surface area contributed by atoms with Gasteiger partial charge in [-0.15, -0.1) is 0 Å². The predicted molar refractivity (Wildman–Crippen MR) is 115 cm³/mol. The lowest BCUT2D eigenvalue weighted by molar-refractivity contribution is -0.873. The topological polar surface area (TPSA) is 63.6 Å². The van der Waals surface area contributed by atoms with Crippen LogP contribution >= 0.6 is 0 Å². The van der Waals surface area contributed by atoms with Crippen LogP contribution < -0.4 is 12.4 Å². The van der Waals surface area contributed by atoms with E-state index in [1.54, 1.807) is 0 Å². The SMILES string of the molecule is [2H]C([2H])([2H])[N+](C)(C)C[C@H](CC(=O)O)OC(=O)CCCCCCCCCCCCCCC.[Cl-]. The average Bonchev–Trinajstić information content (AvgIpc) is 2.63. The Morgan fingerprint density at radius 1 is 0.897 bits per heavy atom. The molecule has 0 saturated heterocycles. The first-order chi connectivity index (χ1) is 14.5. The van der Waals surface area contributed by atoms with Crippen molar-refractivity contribution in [2.75, 3.05) is 27.6 Å². The number of unbranched alkanes of at least 4 members (excludes halogenated alkanes) is 12.